The van der Waals surface area contributed by atoms with Crippen molar-refractivity contribution < 1.29 is 22.7 Å². The summed E-state index contributed by atoms with van der Waals surface area (Å²) in [6.45, 7) is 1.98. The molecule has 7 heteroatoms. The van der Waals surface area contributed by atoms with E-state index in [9.17, 15) is 18.0 Å². The van der Waals surface area contributed by atoms with Crippen LogP contribution in [0.3, 0.4) is 0 Å². The molecule has 2 aromatic carbocycles. The zero-order valence-corrected chi connectivity index (χ0v) is 14.9. The number of nitrogens with one attached hydrogen (secondary N) is 1. The molecule has 1 heterocycles. The van der Waals surface area contributed by atoms with Gasteiger partial charge in [-0.15, -0.1) is 0 Å². The SMILES string of the molecule is Cc1ccc(CCS(=O)(=O)c2ccc(C=C3OC(=O)NC3=O)cc2)cc1. The standard InChI is InChI=1S/C19H17NO5S/c1-13-2-4-14(5-3-13)10-11-26(23,24)16-8-6-15(7-9-16)12-17-18(21)20-19(22)25-17/h2-9,12H,10-11H2,1H3,(H,20,21,22). The number of carbonyl (C=O) groups excluding carboxylic acids is 2. The molecule has 0 aliphatic carbocycles. The van der Waals surface area contributed by atoms with Gasteiger partial charge in [-0.05, 0) is 42.7 Å². The van der Waals surface area contributed by atoms with Crippen molar-refractivity contribution in [1.29, 1.82) is 0 Å². The number of carbonyl (C=O) groups is 2. The maximum Gasteiger partial charge on any atom is 0.419 e. The van der Waals surface area contributed by atoms with Gasteiger partial charge in [0.05, 0.1) is 10.6 Å². The Hall–Kier alpha value is -2.93. The number of hydrogen-bond donors (Lipinski definition) is 1. The predicted octanol–water partition coefficient (Wildman–Crippen LogP) is 2.62. The number of aryl methyl sites for hydroxylation is 2. The zero-order chi connectivity index (χ0) is 18.7. The summed E-state index contributed by atoms with van der Waals surface area (Å²) in [6.07, 6.45) is 0.990. The van der Waals surface area contributed by atoms with Gasteiger partial charge in [0.2, 0.25) is 0 Å². The Bertz CT molecular complexity index is 974. The number of alkyl carbamates (subject to hydrolysis) is 1. The van der Waals surface area contributed by atoms with E-state index in [1.54, 1.807) is 12.1 Å². The fourth-order valence-corrected chi connectivity index (χ4v) is 3.76. The molecular weight excluding hydrogens is 354 g/mol. The van der Waals surface area contributed by atoms with Gasteiger partial charge in [-0.2, -0.15) is 0 Å². The molecule has 3 rings (SSSR count). The Balaban J connectivity index is 1.70. The molecule has 1 aliphatic rings. The van der Waals surface area contributed by atoms with E-state index in [0.29, 0.717) is 12.0 Å². The molecule has 26 heavy (non-hydrogen) atoms. The molecule has 0 radical (unpaired) electrons. The van der Waals surface area contributed by atoms with Gasteiger partial charge in [0.15, 0.2) is 15.6 Å². The first-order valence-corrected chi connectivity index (χ1v) is 9.62. The second-order valence-corrected chi connectivity index (χ2v) is 8.08. The number of amides is 2. The molecule has 1 fully saturated rings. The predicted molar refractivity (Wildman–Crippen MR) is 96.0 cm³/mol. The Kier molecular flexibility index (Phi) is 4.90. The van der Waals surface area contributed by atoms with Crippen LogP contribution in [0.1, 0.15) is 16.7 Å². The van der Waals surface area contributed by atoms with Crippen LogP contribution in [0.2, 0.25) is 0 Å². The fourth-order valence-electron chi connectivity index (χ4n) is 2.47. The molecule has 1 aliphatic heterocycles. The first-order valence-electron chi connectivity index (χ1n) is 7.97. The summed E-state index contributed by atoms with van der Waals surface area (Å²) in [6, 6.07) is 13.8. The van der Waals surface area contributed by atoms with Crippen LogP contribution in [-0.2, 0) is 25.8 Å². The van der Waals surface area contributed by atoms with Crippen molar-refractivity contribution >= 4 is 27.9 Å². The van der Waals surface area contributed by atoms with Gasteiger partial charge in [-0.25, -0.2) is 13.2 Å². The van der Waals surface area contributed by atoms with E-state index in [0.717, 1.165) is 11.1 Å². The quantitative estimate of drug-likeness (QED) is 0.816. The minimum atomic E-state index is -3.42. The Labute approximate surface area is 151 Å². The zero-order valence-electron chi connectivity index (χ0n) is 14.1. The largest absolute Gasteiger partial charge is 0.419 e. The number of rotatable bonds is 5. The van der Waals surface area contributed by atoms with Crippen molar-refractivity contribution in [1.82, 2.24) is 5.32 Å². The fraction of sp³-hybridized carbons (Fsp3) is 0.158. The first-order chi connectivity index (χ1) is 12.3. The lowest BCUT2D eigenvalue weighted by molar-refractivity contribution is -0.116. The highest BCUT2D eigenvalue weighted by Gasteiger charge is 2.26. The topological polar surface area (TPSA) is 89.5 Å². The molecule has 2 aromatic rings. The molecule has 0 unspecified atom stereocenters. The summed E-state index contributed by atoms with van der Waals surface area (Å²) in [5, 5.41) is 1.99. The molecule has 0 bridgehead atoms. The van der Waals surface area contributed by atoms with E-state index in [1.807, 2.05) is 36.5 Å². The van der Waals surface area contributed by atoms with E-state index in [4.69, 9.17) is 4.74 Å². The molecular formula is C19H17NO5S. The van der Waals surface area contributed by atoms with E-state index >= 15 is 0 Å². The number of hydrogen-bond acceptors (Lipinski definition) is 5. The molecule has 134 valence electrons. The van der Waals surface area contributed by atoms with Gasteiger partial charge in [0.1, 0.15) is 0 Å². The third-order valence-electron chi connectivity index (χ3n) is 3.96. The second kappa shape index (κ2) is 7.13. The van der Waals surface area contributed by atoms with E-state index in [2.05, 4.69) is 0 Å². The summed E-state index contributed by atoms with van der Waals surface area (Å²) in [5.41, 5.74) is 2.65. The second-order valence-electron chi connectivity index (χ2n) is 5.98. The highest BCUT2D eigenvalue weighted by molar-refractivity contribution is 7.91. The van der Waals surface area contributed by atoms with Crippen LogP contribution in [0.15, 0.2) is 59.2 Å². The van der Waals surface area contributed by atoms with Crippen molar-refractivity contribution in [3.8, 4) is 0 Å². The van der Waals surface area contributed by atoms with Crippen molar-refractivity contribution in [2.75, 3.05) is 5.75 Å². The lowest BCUT2D eigenvalue weighted by Crippen LogP contribution is -2.18. The van der Waals surface area contributed by atoms with Crippen molar-refractivity contribution in [2.45, 2.75) is 18.2 Å². The maximum absolute atomic E-state index is 12.5. The summed E-state index contributed by atoms with van der Waals surface area (Å²) in [7, 11) is -3.42. The van der Waals surface area contributed by atoms with Crippen LogP contribution in [0.5, 0.6) is 0 Å². The first kappa shape index (κ1) is 17.9. The van der Waals surface area contributed by atoms with Gasteiger partial charge < -0.3 is 4.74 Å². The van der Waals surface area contributed by atoms with Crippen LogP contribution >= 0.6 is 0 Å². The summed E-state index contributed by atoms with van der Waals surface area (Å²) < 4.78 is 29.7. The summed E-state index contributed by atoms with van der Waals surface area (Å²) in [5.74, 6) is -0.731. The maximum atomic E-state index is 12.5. The van der Waals surface area contributed by atoms with Crippen LogP contribution in [0, 0.1) is 6.92 Å². The Morgan fingerprint density at radius 2 is 1.65 bits per heavy atom. The van der Waals surface area contributed by atoms with Crippen molar-refractivity contribution in [2.24, 2.45) is 0 Å². The third-order valence-corrected chi connectivity index (χ3v) is 5.69. The van der Waals surface area contributed by atoms with Crippen LogP contribution < -0.4 is 5.32 Å². The van der Waals surface area contributed by atoms with Gasteiger partial charge in [-0.3, -0.25) is 10.1 Å². The van der Waals surface area contributed by atoms with Crippen molar-refractivity contribution in [3.63, 3.8) is 0 Å². The van der Waals surface area contributed by atoms with Crippen LogP contribution in [0.4, 0.5) is 4.79 Å². The highest BCUT2D eigenvalue weighted by atomic mass is 32.2. The number of ether oxygens (including phenoxy) is 1. The number of benzene rings is 2. The molecule has 0 saturated carbocycles. The van der Waals surface area contributed by atoms with E-state index < -0.39 is 21.8 Å². The monoisotopic (exact) mass is 371 g/mol. The smallest absolute Gasteiger partial charge is 0.404 e. The van der Waals surface area contributed by atoms with Gasteiger partial charge in [-0.1, -0.05) is 42.0 Å². The minimum Gasteiger partial charge on any atom is -0.404 e. The van der Waals surface area contributed by atoms with Gasteiger partial charge >= 0.3 is 6.09 Å². The van der Waals surface area contributed by atoms with E-state index in [-0.39, 0.29) is 16.4 Å². The van der Waals surface area contributed by atoms with Crippen molar-refractivity contribution in [3.05, 3.63) is 71.0 Å². The lowest BCUT2D eigenvalue weighted by Gasteiger charge is -2.06. The molecule has 0 aromatic heterocycles. The van der Waals surface area contributed by atoms with Crippen LogP contribution in [-0.4, -0.2) is 26.2 Å². The minimum absolute atomic E-state index is 0.0104. The molecule has 0 spiro atoms. The van der Waals surface area contributed by atoms with E-state index in [1.165, 1.54) is 18.2 Å². The number of cyclic esters (lactones) is 1. The molecule has 1 saturated heterocycles. The Morgan fingerprint density at radius 1 is 1.00 bits per heavy atom. The Morgan fingerprint density at radius 3 is 2.23 bits per heavy atom. The summed E-state index contributed by atoms with van der Waals surface area (Å²) in [4.78, 5) is 22.6. The molecule has 0 atom stereocenters. The average molecular weight is 371 g/mol. The lowest BCUT2D eigenvalue weighted by atomic mass is 10.1. The summed E-state index contributed by atoms with van der Waals surface area (Å²) >= 11 is 0. The molecule has 2 amide bonds. The average Bonchev–Trinajstić information content (AvgIpc) is 2.92. The highest BCUT2D eigenvalue weighted by Crippen LogP contribution is 2.17. The van der Waals surface area contributed by atoms with Gasteiger partial charge in [0, 0.05) is 0 Å². The number of imide groups is 1. The number of sulfone groups is 1. The van der Waals surface area contributed by atoms with Gasteiger partial charge in [0.25, 0.3) is 5.91 Å². The van der Waals surface area contributed by atoms with Crippen LogP contribution in [0.25, 0.3) is 6.08 Å². The third kappa shape index (κ3) is 4.18. The molecule has 6 nitrogen and oxygen atoms in total. The normalized spacial score (nSPS) is 15.8. The molecule has 1 N–H and O–H groups in total.